The van der Waals surface area contributed by atoms with Gasteiger partial charge >= 0.3 is 0 Å². The van der Waals surface area contributed by atoms with Crippen LogP contribution in [0.2, 0.25) is 0 Å². The molecule has 0 atom stereocenters. The monoisotopic (exact) mass is 171 g/mol. The lowest BCUT2D eigenvalue weighted by Gasteiger charge is -2.30. The van der Waals surface area contributed by atoms with Crippen molar-refractivity contribution in [2.75, 3.05) is 13.6 Å². The number of rotatable bonds is 3. The molecule has 0 amide bonds. The molecule has 2 heteroatoms. The number of likely N-dealkylation sites (N-methyl/N-ethyl adjacent to an activating group) is 1. The highest BCUT2D eigenvalue weighted by Gasteiger charge is 2.23. The summed E-state index contributed by atoms with van der Waals surface area (Å²) < 4.78 is 0. The van der Waals surface area contributed by atoms with Crippen LogP contribution in [-0.2, 0) is 0 Å². The minimum atomic E-state index is -0.544. The van der Waals surface area contributed by atoms with E-state index in [0.29, 0.717) is 0 Å². The van der Waals surface area contributed by atoms with Gasteiger partial charge in [0.25, 0.3) is 0 Å². The second kappa shape index (κ2) is 3.75. The second-order valence-corrected chi connectivity index (χ2v) is 4.67. The van der Waals surface area contributed by atoms with Gasteiger partial charge in [0.2, 0.25) is 0 Å². The summed E-state index contributed by atoms with van der Waals surface area (Å²) in [4.78, 5) is 2.30. The first-order valence-corrected chi connectivity index (χ1v) is 4.92. The van der Waals surface area contributed by atoms with Crippen molar-refractivity contribution < 1.29 is 5.11 Å². The van der Waals surface area contributed by atoms with E-state index in [0.717, 1.165) is 12.6 Å². The quantitative estimate of drug-likeness (QED) is 0.697. The summed E-state index contributed by atoms with van der Waals surface area (Å²) in [5, 5.41) is 9.61. The molecule has 72 valence electrons. The van der Waals surface area contributed by atoms with E-state index in [1.807, 2.05) is 13.8 Å². The standard InChI is InChI=1S/C10H21NO/c1-10(2,12)8-11(3)9-6-4-5-7-9/h9,12H,4-8H2,1-3H3. The largest absolute Gasteiger partial charge is 0.389 e. The molecule has 0 aromatic heterocycles. The van der Waals surface area contributed by atoms with Gasteiger partial charge in [-0.15, -0.1) is 0 Å². The van der Waals surface area contributed by atoms with Crippen LogP contribution in [0, 0.1) is 0 Å². The zero-order chi connectivity index (χ0) is 9.19. The van der Waals surface area contributed by atoms with Gasteiger partial charge < -0.3 is 10.0 Å². The van der Waals surface area contributed by atoms with Gasteiger partial charge in [0.15, 0.2) is 0 Å². The van der Waals surface area contributed by atoms with Gasteiger partial charge in [-0.1, -0.05) is 12.8 Å². The SMILES string of the molecule is CN(CC(C)(C)O)C1CCCC1. The van der Waals surface area contributed by atoms with E-state index in [1.54, 1.807) is 0 Å². The highest BCUT2D eigenvalue weighted by atomic mass is 16.3. The van der Waals surface area contributed by atoms with Crippen LogP contribution in [0.4, 0.5) is 0 Å². The molecular weight excluding hydrogens is 150 g/mol. The van der Waals surface area contributed by atoms with Crippen molar-refractivity contribution in [1.82, 2.24) is 4.90 Å². The number of hydrogen-bond donors (Lipinski definition) is 1. The summed E-state index contributed by atoms with van der Waals surface area (Å²) in [6, 6.07) is 0.719. The Morgan fingerprint density at radius 2 is 1.83 bits per heavy atom. The Bertz CT molecular complexity index is 133. The molecule has 12 heavy (non-hydrogen) atoms. The summed E-state index contributed by atoms with van der Waals surface area (Å²) in [7, 11) is 2.12. The molecule has 0 saturated heterocycles. The summed E-state index contributed by atoms with van der Waals surface area (Å²) in [6.45, 7) is 4.54. The molecule has 1 rings (SSSR count). The van der Waals surface area contributed by atoms with Crippen LogP contribution in [0.5, 0.6) is 0 Å². The smallest absolute Gasteiger partial charge is 0.0718 e. The molecule has 0 bridgehead atoms. The normalized spacial score (nSPS) is 20.8. The zero-order valence-corrected chi connectivity index (χ0v) is 8.51. The predicted octanol–water partition coefficient (Wildman–Crippen LogP) is 1.63. The van der Waals surface area contributed by atoms with Crippen LogP contribution in [0.15, 0.2) is 0 Å². The molecule has 1 aliphatic rings. The van der Waals surface area contributed by atoms with Crippen LogP contribution < -0.4 is 0 Å². The van der Waals surface area contributed by atoms with E-state index in [4.69, 9.17) is 0 Å². The van der Waals surface area contributed by atoms with Crippen LogP contribution in [0.3, 0.4) is 0 Å². The van der Waals surface area contributed by atoms with E-state index in [1.165, 1.54) is 25.7 Å². The Labute approximate surface area is 75.6 Å². The predicted molar refractivity (Wildman–Crippen MR) is 51.2 cm³/mol. The van der Waals surface area contributed by atoms with Crippen molar-refractivity contribution >= 4 is 0 Å². The molecule has 1 fully saturated rings. The molecule has 1 saturated carbocycles. The highest BCUT2D eigenvalue weighted by molar-refractivity contribution is 4.79. The molecule has 0 radical (unpaired) electrons. The number of nitrogens with zero attached hydrogens (tertiary/aromatic N) is 1. The summed E-state index contributed by atoms with van der Waals surface area (Å²) >= 11 is 0. The Morgan fingerprint density at radius 3 is 2.25 bits per heavy atom. The molecule has 1 N–H and O–H groups in total. The van der Waals surface area contributed by atoms with Crippen molar-refractivity contribution in [3.63, 3.8) is 0 Å². The first-order valence-electron chi connectivity index (χ1n) is 4.92. The first-order chi connectivity index (χ1) is 5.49. The van der Waals surface area contributed by atoms with Crippen molar-refractivity contribution in [2.24, 2.45) is 0 Å². The Kier molecular flexibility index (Phi) is 3.13. The van der Waals surface area contributed by atoms with E-state index in [2.05, 4.69) is 11.9 Å². The molecular formula is C10H21NO. The molecule has 0 spiro atoms. The maximum absolute atomic E-state index is 9.61. The highest BCUT2D eigenvalue weighted by Crippen LogP contribution is 2.23. The van der Waals surface area contributed by atoms with Crippen LogP contribution in [0.1, 0.15) is 39.5 Å². The number of hydrogen-bond acceptors (Lipinski definition) is 2. The average molecular weight is 171 g/mol. The molecule has 0 aromatic carbocycles. The van der Waals surface area contributed by atoms with Gasteiger partial charge in [-0.25, -0.2) is 0 Å². The van der Waals surface area contributed by atoms with Gasteiger partial charge in [0.05, 0.1) is 5.60 Å². The average Bonchev–Trinajstić information content (AvgIpc) is 2.32. The first kappa shape index (κ1) is 10.0. The second-order valence-electron chi connectivity index (χ2n) is 4.67. The molecule has 0 aliphatic heterocycles. The fraction of sp³-hybridized carbons (Fsp3) is 1.00. The molecule has 2 nitrogen and oxygen atoms in total. The van der Waals surface area contributed by atoms with E-state index in [-0.39, 0.29) is 0 Å². The van der Waals surface area contributed by atoms with E-state index < -0.39 is 5.60 Å². The minimum absolute atomic E-state index is 0.544. The maximum atomic E-state index is 9.61. The zero-order valence-electron chi connectivity index (χ0n) is 8.51. The topological polar surface area (TPSA) is 23.5 Å². The van der Waals surface area contributed by atoms with Crippen molar-refractivity contribution in [1.29, 1.82) is 0 Å². The lowest BCUT2D eigenvalue weighted by molar-refractivity contribution is 0.0321. The summed E-state index contributed by atoms with van der Waals surface area (Å²) in [5.41, 5.74) is -0.544. The van der Waals surface area contributed by atoms with Crippen LogP contribution in [0.25, 0.3) is 0 Å². The third kappa shape index (κ3) is 3.11. The molecule has 0 aromatic rings. The fourth-order valence-electron chi connectivity index (χ4n) is 2.08. The maximum Gasteiger partial charge on any atom is 0.0718 e. The lowest BCUT2D eigenvalue weighted by atomic mass is 10.1. The third-order valence-electron chi connectivity index (χ3n) is 2.58. The van der Waals surface area contributed by atoms with Gasteiger partial charge in [-0.2, -0.15) is 0 Å². The Balaban J connectivity index is 2.31. The van der Waals surface area contributed by atoms with Gasteiger partial charge in [-0.05, 0) is 33.7 Å². The molecule has 0 unspecified atom stereocenters. The fourth-order valence-corrected chi connectivity index (χ4v) is 2.08. The van der Waals surface area contributed by atoms with Crippen molar-refractivity contribution in [3.8, 4) is 0 Å². The van der Waals surface area contributed by atoms with Gasteiger partial charge in [0, 0.05) is 12.6 Å². The van der Waals surface area contributed by atoms with Crippen molar-refractivity contribution in [2.45, 2.75) is 51.2 Å². The lowest BCUT2D eigenvalue weighted by Crippen LogP contribution is -2.40. The van der Waals surface area contributed by atoms with Crippen molar-refractivity contribution in [3.05, 3.63) is 0 Å². The van der Waals surface area contributed by atoms with E-state index in [9.17, 15) is 5.11 Å². The number of aliphatic hydroxyl groups is 1. The van der Waals surface area contributed by atoms with E-state index >= 15 is 0 Å². The van der Waals surface area contributed by atoms with Gasteiger partial charge in [0.1, 0.15) is 0 Å². The van der Waals surface area contributed by atoms with Crippen LogP contribution >= 0.6 is 0 Å². The Hall–Kier alpha value is -0.0800. The molecule has 1 aliphatic carbocycles. The summed E-state index contributed by atoms with van der Waals surface area (Å²) in [6.07, 6.45) is 5.35. The summed E-state index contributed by atoms with van der Waals surface area (Å²) in [5.74, 6) is 0. The van der Waals surface area contributed by atoms with Gasteiger partial charge in [-0.3, -0.25) is 0 Å². The minimum Gasteiger partial charge on any atom is -0.389 e. The Morgan fingerprint density at radius 1 is 1.33 bits per heavy atom. The third-order valence-corrected chi connectivity index (χ3v) is 2.58. The van der Waals surface area contributed by atoms with Crippen LogP contribution in [-0.4, -0.2) is 35.2 Å². The molecule has 0 heterocycles.